The van der Waals surface area contributed by atoms with Crippen LogP contribution in [0.15, 0.2) is 24.3 Å². The molecule has 1 unspecified atom stereocenters. The molecule has 1 fully saturated rings. The summed E-state index contributed by atoms with van der Waals surface area (Å²) in [6.07, 6.45) is 6.36. The predicted octanol–water partition coefficient (Wildman–Crippen LogP) is 3.18. The molecule has 2 aliphatic heterocycles. The molecule has 8 nitrogen and oxygen atoms in total. The Morgan fingerprint density at radius 3 is 2.80 bits per heavy atom. The van der Waals surface area contributed by atoms with E-state index in [1.807, 2.05) is 43.0 Å². The molecule has 0 N–H and O–H groups in total. The third-order valence-corrected chi connectivity index (χ3v) is 6.29. The van der Waals surface area contributed by atoms with Crippen molar-refractivity contribution < 1.29 is 4.79 Å². The number of aromatic nitrogens is 6. The largest absolute Gasteiger partial charge is 0.327 e. The summed E-state index contributed by atoms with van der Waals surface area (Å²) in [7, 11) is 0. The average molecular weight is 406 g/mol. The van der Waals surface area contributed by atoms with Gasteiger partial charge in [-0.05, 0) is 57.2 Å². The number of nitrogens with zero attached hydrogens (tertiary/aromatic N) is 7. The molecule has 2 aliphatic rings. The second-order valence-electron chi connectivity index (χ2n) is 8.37. The number of carbonyl (C=O) groups is 1. The van der Waals surface area contributed by atoms with E-state index in [0.717, 1.165) is 67.2 Å². The highest BCUT2D eigenvalue weighted by atomic mass is 16.2. The van der Waals surface area contributed by atoms with Crippen LogP contribution in [0.4, 0.5) is 0 Å². The fraction of sp³-hybridized carbons (Fsp3) is 0.500. The fourth-order valence-electron chi connectivity index (χ4n) is 4.70. The first kappa shape index (κ1) is 19.0. The number of amides is 1. The van der Waals surface area contributed by atoms with Crippen LogP contribution in [0.1, 0.15) is 71.5 Å². The minimum atomic E-state index is -0.0696. The van der Waals surface area contributed by atoms with Crippen molar-refractivity contribution in [3.63, 3.8) is 0 Å². The number of benzene rings is 1. The van der Waals surface area contributed by atoms with E-state index in [0.29, 0.717) is 12.2 Å². The molecule has 8 heteroatoms. The highest BCUT2D eigenvalue weighted by molar-refractivity contribution is 5.93. The summed E-state index contributed by atoms with van der Waals surface area (Å²) in [5.74, 6) is 1.92. The van der Waals surface area contributed by atoms with Crippen molar-refractivity contribution >= 4 is 5.91 Å². The standard InChI is InChI=1S/C22H27N7O/c1-15-8-6-9-17(14-15)29-16(2)20(24-26-29)22(30)27-13-7-10-18(27)21-25-23-19-11-4-3-5-12-28(19)21/h6,8-9,14,18H,3-5,7,10-13H2,1-2H3. The quantitative estimate of drug-likeness (QED) is 0.668. The lowest BCUT2D eigenvalue weighted by atomic mass is 10.2. The lowest BCUT2D eigenvalue weighted by molar-refractivity contribution is 0.0720. The van der Waals surface area contributed by atoms with Gasteiger partial charge < -0.3 is 9.47 Å². The third kappa shape index (κ3) is 3.20. The van der Waals surface area contributed by atoms with E-state index in [1.165, 1.54) is 6.42 Å². The van der Waals surface area contributed by atoms with E-state index in [2.05, 4.69) is 25.1 Å². The summed E-state index contributed by atoms with van der Waals surface area (Å²) in [4.78, 5) is 15.4. The number of carbonyl (C=O) groups excluding carboxylic acids is 1. The Kier molecular flexibility index (Phi) is 4.84. The zero-order chi connectivity index (χ0) is 20.7. The lowest BCUT2D eigenvalue weighted by Gasteiger charge is -2.24. The summed E-state index contributed by atoms with van der Waals surface area (Å²) in [5.41, 5.74) is 3.23. The number of hydrogen-bond donors (Lipinski definition) is 0. The Labute approximate surface area is 175 Å². The van der Waals surface area contributed by atoms with Gasteiger partial charge in [0.15, 0.2) is 11.5 Å². The van der Waals surface area contributed by atoms with Crippen LogP contribution in [0.25, 0.3) is 5.69 Å². The topological polar surface area (TPSA) is 81.7 Å². The first-order valence-corrected chi connectivity index (χ1v) is 10.9. The fourth-order valence-corrected chi connectivity index (χ4v) is 4.70. The van der Waals surface area contributed by atoms with Crippen LogP contribution in [-0.4, -0.2) is 47.1 Å². The van der Waals surface area contributed by atoms with Crippen LogP contribution in [0.2, 0.25) is 0 Å². The molecule has 0 aliphatic carbocycles. The second kappa shape index (κ2) is 7.66. The Hall–Kier alpha value is -3.03. The smallest absolute Gasteiger partial charge is 0.276 e. The van der Waals surface area contributed by atoms with Crippen LogP contribution in [0.3, 0.4) is 0 Å². The number of hydrogen-bond acceptors (Lipinski definition) is 5. The van der Waals surface area contributed by atoms with Gasteiger partial charge in [-0.1, -0.05) is 23.8 Å². The van der Waals surface area contributed by atoms with Gasteiger partial charge in [-0.2, -0.15) is 0 Å². The van der Waals surface area contributed by atoms with Gasteiger partial charge in [-0.15, -0.1) is 15.3 Å². The van der Waals surface area contributed by atoms with Gasteiger partial charge in [-0.3, -0.25) is 4.79 Å². The summed E-state index contributed by atoms with van der Waals surface area (Å²) in [6.45, 7) is 5.60. The Morgan fingerprint density at radius 2 is 1.93 bits per heavy atom. The van der Waals surface area contributed by atoms with E-state index < -0.39 is 0 Å². The van der Waals surface area contributed by atoms with Crippen molar-refractivity contribution in [1.82, 2.24) is 34.7 Å². The van der Waals surface area contributed by atoms with Gasteiger partial charge in [0.2, 0.25) is 0 Å². The minimum Gasteiger partial charge on any atom is -0.327 e. The van der Waals surface area contributed by atoms with Crippen molar-refractivity contribution in [2.45, 2.75) is 65.0 Å². The Balaban J connectivity index is 1.45. The van der Waals surface area contributed by atoms with Crippen molar-refractivity contribution in [3.8, 4) is 5.69 Å². The Bertz CT molecular complexity index is 1080. The molecule has 0 bridgehead atoms. The van der Waals surface area contributed by atoms with Crippen molar-refractivity contribution in [1.29, 1.82) is 0 Å². The molecule has 1 aromatic carbocycles. The molecular formula is C22H27N7O. The van der Waals surface area contributed by atoms with Crippen molar-refractivity contribution in [2.75, 3.05) is 6.54 Å². The van der Waals surface area contributed by atoms with Crippen LogP contribution in [-0.2, 0) is 13.0 Å². The van der Waals surface area contributed by atoms with Crippen LogP contribution in [0.5, 0.6) is 0 Å². The summed E-state index contributed by atoms with van der Waals surface area (Å²) in [5, 5.41) is 17.5. The number of likely N-dealkylation sites (tertiary alicyclic amines) is 1. The van der Waals surface area contributed by atoms with Gasteiger partial charge in [-0.25, -0.2) is 4.68 Å². The number of rotatable bonds is 3. The molecule has 1 saturated heterocycles. The Morgan fingerprint density at radius 1 is 1.03 bits per heavy atom. The summed E-state index contributed by atoms with van der Waals surface area (Å²) >= 11 is 0. The molecule has 30 heavy (non-hydrogen) atoms. The van der Waals surface area contributed by atoms with Crippen molar-refractivity contribution in [3.05, 3.63) is 52.9 Å². The maximum atomic E-state index is 13.5. The van der Waals surface area contributed by atoms with Crippen LogP contribution < -0.4 is 0 Å². The highest BCUT2D eigenvalue weighted by Gasteiger charge is 2.36. The van der Waals surface area contributed by atoms with Crippen molar-refractivity contribution in [2.24, 2.45) is 0 Å². The zero-order valence-electron chi connectivity index (χ0n) is 17.6. The molecule has 0 spiro atoms. The number of fused-ring (bicyclic) bond motifs is 1. The van der Waals surface area contributed by atoms with Gasteiger partial charge in [0.05, 0.1) is 17.4 Å². The monoisotopic (exact) mass is 405 g/mol. The SMILES string of the molecule is Cc1cccc(-n2nnc(C(=O)N3CCCC3c3nnc4n3CCCCC4)c2C)c1. The van der Waals surface area contributed by atoms with E-state index in [4.69, 9.17) is 0 Å². The van der Waals surface area contributed by atoms with E-state index in [1.54, 1.807) is 4.68 Å². The second-order valence-corrected chi connectivity index (χ2v) is 8.37. The summed E-state index contributed by atoms with van der Waals surface area (Å²) in [6, 6.07) is 8.01. The van der Waals surface area contributed by atoms with E-state index in [-0.39, 0.29) is 11.9 Å². The molecule has 0 saturated carbocycles. The first-order valence-electron chi connectivity index (χ1n) is 10.9. The highest BCUT2D eigenvalue weighted by Crippen LogP contribution is 2.33. The summed E-state index contributed by atoms with van der Waals surface area (Å²) < 4.78 is 3.99. The molecule has 1 amide bonds. The first-order chi connectivity index (χ1) is 14.6. The van der Waals surface area contributed by atoms with Gasteiger partial charge in [0.1, 0.15) is 5.82 Å². The molecule has 3 aromatic rings. The average Bonchev–Trinajstić information content (AvgIpc) is 3.42. The molecule has 4 heterocycles. The third-order valence-electron chi connectivity index (χ3n) is 6.29. The maximum Gasteiger partial charge on any atom is 0.276 e. The van der Waals surface area contributed by atoms with Gasteiger partial charge in [0.25, 0.3) is 5.91 Å². The van der Waals surface area contributed by atoms with Gasteiger partial charge >= 0.3 is 0 Å². The van der Waals surface area contributed by atoms with Crippen LogP contribution in [0, 0.1) is 13.8 Å². The predicted molar refractivity (Wildman–Crippen MR) is 111 cm³/mol. The molecule has 2 aromatic heterocycles. The van der Waals surface area contributed by atoms with E-state index >= 15 is 0 Å². The molecule has 0 radical (unpaired) electrons. The van der Waals surface area contributed by atoms with E-state index in [9.17, 15) is 4.79 Å². The molecular weight excluding hydrogens is 378 g/mol. The van der Waals surface area contributed by atoms with Crippen LogP contribution >= 0.6 is 0 Å². The molecule has 156 valence electrons. The number of aryl methyl sites for hydroxylation is 2. The molecule has 1 atom stereocenters. The normalized spacial score (nSPS) is 19.0. The minimum absolute atomic E-state index is 0.0413. The van der Waals surface area contributed by atoms with Gasteiger partial charge in [0, 0.05) is 19.5 Å². The maximum absolute atomic E-state index is 13.5. The zero-order valence-corrected chi connectivity index (χ0v) is 17.6. The molecule has 5 rings (SSSR count). The lowest BCUT2D eigenvalue weighted by Crippen LogP contribution is -2.33.